The molecular weight excluding hydrogens is 908 g/mol. The van der Waals surface area contributed by atoms with Crippen LogP contribution in [0.5, 0.6) is 11.5 Å². The van der Waals surface area contributed by atoms with Crippen molar-refractivity contribution in [1.82, 2.24) is 0 Å². The Morgan fingerprint density at radius 2 is 1.22 bits per heavy atom. The number of carbonyl (C=O) groups excluding carboxylic acids is 5. The molecule has 0 bridgehead atoms. The normalized spacial score (nSPS) is 17.0. The molecule has 0 radical (unpaired) electrons. The minimum atomic E-state index is -5.63. The Hall–Kier alpha value is -6.86. The van der Waals surface area contributed by atoms with Gasteiger partial charge in [-0.15, -0.1) is 0 Å². The predicted molar refractivity (Wildman–Crippen MR) is 235 cm³/mol. The maximum absolute atomic E-state index is 13.4. The van der Waals surface area contributed by atoms with Crippen molar-refractivity contribution in [1.29, 1.82) is 0 Å². The summed E-state index contributed by atoms with van der Waals surface area (Å²) in [6, 6.07) is 15.8. The van der Waals surface area contributed by atoms with E-state index in [0.29, 0.717) is 36.9 Å². The summed E-state index contributed by atoms with van der Waals surface area (Å²) in [4.78, 5) is 88.3. The van der Waals surface area contributed by atoms with Crippen LogP contribution in [0, 0.1) is 29.6 Å². The van der Waals surface area contributed by atoms with Crippen molar-refractivity contribution in [2.45, 2.75) is 84.4 Å². The van der Waals surface area contributed by atoms with E-state index in [9.17, 15) is 65.7 Å². The summed E-state index contributed by atoms with van der Waals surface area (Å²) in [6.45, 7) is 6.53. The summed E-state index contributed by atoms with van der Waals surface area (Å²) in [5.74, 6) is -17.5. The van der Waals surface area contributed by atoms with Crippen LogP contribution >= 0.6 is 0 Å². The van der Waals surface area contributed by atoms with E-state index in [1.807, 2.05) is 13.8 Å². The predicted octanol–water partition coefficient (Wildman–Crippen LogP) is 8.87. The number of benzene rings is 3. The molecule has 1 aliphatic rings. The second-order valence-electron chi connectivity index (χ2n) is 16.6. The molecule has 0 saturated heterocycles. The number of halogens is 5. The van der Waals surface area contributed by atoms with E-state index in [-0.39, 0.29) is 54.2 Å². The lowest BCUT2D eigenvalue weighted by Crippen LogP contribution is -2.61. The third kappa shape index (κ3) is 15.3. The quantitative estimate of drug-likeness (QED) is 0.0205. The number of hydrogen-bond donors (Lipinski definition) is 4. The molecule has 1 fully saturated rings. The fourth-order valence-electron chi connectivity index (χ4n) is 7.20. The third-order valence-electron chi connectivity index (χ3n) is 10.6. The zero-order valence-electron chi connectivity index (χ0n) is 37.6. The van der Waals surface area contributed by atoms with Crippen LogP contribution < -0.4 is 20.1 Å². The van der Waals surface area contributed by atoms with E-state index in [1.54, 1.807) is 12.1 Å². The van der Waals surface area contributed by atoms with Gasteiger partial charge in [-0.1, -0.05) is 26.0 Å². The largest absolute Gasteiger partial charge is 0.494 e. The number of rotatable bonds is 25. The van der Waals surface area contributed by atoms with Crippen LogP contribution in [0.25, 0.3) is 6.08 Å². The molecule has 0 heterocycles. The van der Waals surface area contributed by atoms with Crippen LogP contribution in [-0.4, -0.2) is 89.7 Å². The van der Waals surface area contributed by atoms with Crippen molar-refractivity contribution in [2.75, 3.05) is 30.5 Å². The monoisotopic (exact) mass is 960 g/mol. The Bertz CT molecular complexity index is 2280. The molecule has 4 rings (SSSR count). The highest BCUT2D eigenvalue weighted by molar-refractivity contribution is 6.05. The third-order valence-corrected chi connectivity index (χ3v) is 10.6. The first-order chi connectivity index (χ1) is 32.0. The van der Waals surface area contributed by atoms with E-state index in [4.69, 9.17) is 18.9 Å². The van der Waals surface area contributed by atoms with Crippen molar-refractivity contribution >= 4 is 59.0 Å². The number of ether oxygens (including phenoxy) is 4. The zero-order chi connectivity index (χ0) is 50.3. The first-order valence-corrected chi connectivity index (χ1v) is 21.7. The smallest absolute Gasteiger partial charge is 0.453 e. The fourth-order valence-corrected chi connectivity index (χ4v) is 7.20. The number of Topliss-reactive ketones (excluding diaryl/α,β-unsaturated/α-hetero) is 1. The van der Waals surface area contributed by atoms with Crippen LogP contribution in [0.15, 0.2) is 72.8 Å². The average molecular weight is 961 g/mol. The number of aliphatic carboxylic acids is 2. The van der Waals surface area contributed by atoms with Gasteiger partial charge >= 0.3 is 41.9 Å². The van der Waals surface area contributed by atoms with E-state index >= 15 is 0 Å². The summed E-state index contributed by atoms with van der Waals surface area (Å²) >= 11 is 0. The van der Waals surface area contributed by atoms with Gasteiger partial charge in [-0.3, -0.25) is 19.2 Å². The molecule has 1 saturated carbocycles. The van der Waals surface area contributed by atoms with Crippen molar-refractivity contribution < 1.29 is 84.7 Å². The van der Waals surface area contributed by atoms with Gasteiger partial charge in [0.05, 0.1) is 48.7 Å². The van der Waals surface area contributed by atoms with Crippen LogP contribution in [-0.2, 0) is 33.4 Å². The summed E-state index contributed by atoms with van der Waals surface area (Å²) < 4.78 is 84.2. The minimum Gasteiger partial charge on any atom is -0.494 e. The van der Waals surface area contributed by atoms with Gasteiger partial charge < -0.3 is 39.8 Å². The Labute approximate surface area is 388 Å². The lowest BCUT2D eigenvalue weighted by molar-refractivity contribution is -0.284. The Balaban J connectivity index is 1.16. The lowest BCUT2D eigenvalue weighted by Gasteiger charge is -2.46. The Kier molecular flexibility index (Phi) is 19.2. The Morgan fingerprint density at radius 1 is 0.647 bits per heavy atom. The molecule has 2 unspecified atom stereocenters. The zero-order valence-corrected chi connectivity index (χ0v) is 37.6. The van der Waals surface area contributed by atoms with Crippen LogP contribution in [0.2, 0.25) is 0 Å². The molecule has 68 heavy (non-hydrogen) atoms. The number of amides is 1. The molecule has 1 amide bonds. The molecule has 2 atom stereocenters. The molecule has 0 aliphatic heterocycles. The Morgan fingerprint density at radius 3 is 1.78 bits per heavy atom. The van der Waals surface area contributed by atoms with Gasteiger partial charge in [-0.2, -0.15) is 22.0 Å². The lowest BCUT2D eigenvalue weighted by atomic mass is 9.53. The average Bonchev–Trinajstić information content (AvgIpc) is 3.24. The van der Waals surface area contributed by atoms with E-state index < -0.39 is 96.1 Å². The number of anilines is 2. The molecule has 0 spiro atoms. The van der Waals surface area contributed by atoms with Crippen LogP contribution in [0.3, 0.4) is 0 Å². The molecule has 1 aliphatic carbocycles. The number of carbonyl (C=O) groups is 7. The van der Waals surface area contributed by atoms with E-state index in [0.717, 1.165) is 0 Å². The molecule has 3 aromatic carbocycles. The highest BCUT2D eigenvalue weighted by atomic mass is 19.4. The fraction of sp³-hybridized carbons (Fsp3) is 0.438. The molecule has 368 valence electrons. The van der Waals surface area contributed by atoms with E-state index in [2.05, 4.69) is 10.6 Å². The van der Waals surface area contributed by atoms with Gasteiger partial charge in [0.2, 0.25) is 5.91 Å². The van der Waals surface area contributed by atoms with Gasteiger partial charge in [0.25, 0.3) is 0 Å². The summed E-state index contributed by atoms with van der Waals surface area (Å²) in [7, 11) is 0. The number of alkyl halides is 5. The minimum absolute atomic E-state index is 0.0513. The standard InChI is InChI=1S/C48H53F5N2O13/c1-27(2)41(57)37-39(43(59)60)38(40(37)44(61)62)42(58)55-33-25-31(24-32(26-33)54-28(3)4)45(63)67-22-8-6-5-7-21-66-36(56)19-12-29-10-15-35(16-11-29)68-46(64)30-13-17-34(18-14-30)65-23-9-20-47(49,50)48(51,52)53/h10-19,24-28,37-40,54H,5-9,20-23H2,1-4H3,(H,55,58)(H,59,60)(H,61,62)/b19-12+. The van der Waals surface area contributed by atoms with Crippen molar-refractivity contribution in [2.24, 2.45) is 29.6 Å². The number of carboxylic acids is 2. The van der Waals surface area contributed by atoms with Gasteiger partial charge in [0.1, 0.15) is 17.3 Å². The molecule has 20 heteroatoms. The SMILES string of the molecule is CC(C)Nc1cc(NC(=O)C2C(C(=O)O)C(C(=O)C(C)C)C2C(=O)O)cc(C(=O)OCCCCCCOC(=O)/C=C/c2ccc(OC(=O)c3ccc(OCCCC(F)(F)C(F)(F)F)cc3)cc2)c1. The second kappa shape index (κ2) is 24.2. The topological polar surface area (TPSA) is 221 Å². The van der Waals surface area contributed by atoms with Gasteiger partial charge in [0, 0.05) is 41.7 Å². The van der Waals surface area contributed by atoms with Gasteiger partial charge in [0.15, 0.2) is 0 Å². The summed E-state index contributed by atoms with van der Waals surface area (Å²) in [6.07, 6.45) is -2.57. The van der Waals surface area contributed by atoms with Crippen LogP contribution in [0.1, 0.15) is 92.5 Å². The first kappa shape index (κ1) is 53.8. The molecular formula is C48H53F5N2O13. The highest BCUT2D eigenvalue weighted by Gasteiger charge is 2.63. The highest BCUT2D eigenvalue weighted by Crippen LogP contribution is 2.49. The summed E-state index contributed by atoms with van der Waals surface area (Å²) in [5, 5.41) is 25.4. The number of esters is 3. The second-order valence-corrected chi connectivity index (χ2v) is 16.6. The maximum atomic E-state index is 13.4. The van der Waals surface area contributed by atoms with Crippen molar-refractivity contribution in [3.05, 3.63) is 89.5 Å². The molecule has 15 nitrogen and oxygen atoms in total. The van der Waals surface area contributed by atoms with Gasteiger partial charge in [-0.05, 0) is 112 Å². The molecule has 3 aromatic rings. The number of ketones is 1. The molecule has 0 aromatic heterocycles. The maximum Gasteiger partial charge on any atom is 0.453 e. The number of carboxylic acid groups (broad SMARTS) is 2. The van der Waals surface area contributed by atoms with E-state index in [1.165, 1.54) is 80.6 Å². The van der Waals surface area contributed by atoms with Gasteiger partial charge in [-0.25, -0.2) is 14.4 Å². The van der Waals surface area contributed by atoms with Crippen molar-refractivity contribution in [3.8, 4) is 11.5 Å². The first-order valence-electron chi connectivity index (χ1n) is 21.7. The van der Waals surface area contributed by atoms with Crippen LogP contribution in [0.4, 0.5) is 33.3 Å². The molecule has 4 N–H and O–H groups in total. The number of hydrogen-bond acceptors (Lipinski definition) is 12. The summed E-state index contributed by atoms with van der Waals surface area (Å²) in [5.41, 5.74) is 1.30. The number of nitrogens with one attached hydrogen (secondary N) is 2. The van der Waals surface area contributed by atoms with Crippen molar-refractivity contribution in [3.63, 3.8) is 0 Å². The number of unbranched alkanes of at least 4 members (excludes halogenated alkanes) is 3.